The molecule has 0 aliphatic carbocycles. The maximum atomic E-state index is 12.2. The Balaban J connectivity index is 2.04. The van der Waals surface area contributed by atoms with Gasteiger partial charge in [-0.15, -0.1) is 11.3 Å². The van der Waals surface area contributed by atoms with Crippen LogP contribution >= 0.6 is 11.3 Å². The summed E-state index contributed by atoms with van der Waals surface area (Å²) in [5.74, 6) is 5.67. The van der Waals surface area contributed by atoms with E-state index in [4.69, 9.17) is 10.2 Å². The lowest BCUT2D eigenvalue weighted by molar-refractivity contribution is 0.0785. The number of nitrogens with zero attached hydrogens (tertiary/aromatic N) is 1. The first-order chi connectivity index (χ1) is 9.20. The normalized spacial score (nSPS) is 9.79. The van der Waals surface area contributed by atoms with Gasteiger partial charge in [0.05, 0.1) is 29.5 Å². The van der Waals surface area contributed by atoms with Crippen molar-refractivity contribution in [2.45, 2.75) is 6.54 Å². The van der Waals surface area contributed by atoms with E-state index < -0.39 is 0 Å². The summed E-state index contributed by atoms with van der Waals surface area (Å²) in [6.07, 6.45) is 3.23. The minimum Gasteiger partial charge on any atom is -0.472 e. The van der Waals surface area contributed by atoms with Gasteiger partial charge in [-0.1, -0.05) is 11.8 Å². The summed E-state index contributed by atoms with van der Waals surface area (Å²) in [6, 6.07) is 3.64. The number of hydrogen-bond donors (Lipinski definition) is 1. The van der Waals surface area contributed by atoms with Crippen LogP contribution in [0.3, 0.4) is 0 Å². The van der Waals surface area contributed by atoms with Crippen LogP contribution in [0.1, 0.15) is 20.8 Å². The topological polar surface area (TPSA) is 59.5 Å². The Bertz CT molecular complexity index is 605. The molecule has 2 rings (SSSR count). The highest BCUT2D eigenvalue weighted by Gasteiger charge is 2.14. The molecule has 2 heterocycles. The van der Waals surface area contributed by atoms with Crippen LogP contribution < -0.4 is 5.73 Å². The fourth-order valence-electron chi connectivity index (χ4n) is 1.60. The molecule has 2 aromatic heterocycles. The van der Waals surface area contributed by atoms with Gasteiger partial charge in [0, 0.05) is 24.5 Å². The Morgan fingerprint density at radius 3 is 3.11 bits per heavy atom. The number of amides is 1. The smallest absolute Gasteiger partial charge is 0.254 e. The minimum atomic E-state index is -0.0294. The van der Waals surface area contributed by atoms with E-state index in [-0.39, 0.29) is 5.91 Å². The van der Waals surface area contributed by atoms with Crippen LogP contribution in [0.2, 0.25) is 0 Å². The van der Waals surface area contributed by atoms with Gasteiger partial charge in [0.1, 0.15) is 0 Å². The van der Waals surface area contributed by atoms with E-state index in [1.165, 1.54) is 11.3 Å². The van der Waals surface area contributed by atoms with Crippen molar-refractivity contribution in [3.63, 3.8) is 0 Å². The molecule has 1 amide bonds. The van der Waals surface area contributed by atoms with Crippen LogP contribution in [-0.4, -0.2) is 24.4 Å². The van der Waals surface area contributed by atoms with Crippen molar-refractivity contribution >= 4 is 17.2 Å². The van der Waals surface area contributed by atoms with Gasteiger partial charge in [0.2, 0.25) is 0 Å². The third-order valence-electron chi connectivity index (χ3n) is 2.51. The van der Waals surface area contributed by atoms with E-state index in [0.717, 1.165) is 10.4 Å². The van der Waals surface area contributed by atoms with Crippen molar-refractivity contribution < 1.29 is 9.21 Å². The molecule has 2 N–H and O–H groups in total. The largest absolute Gasteiger partial charge is 0.472 e. The summed E-state index contributed by atoms with van der Waals surface area (Å²) in [5, 5.41) is 1.81. The molecule has 98 valence electrons. The number of thiophene rings is 1. The summed E-state index contributed by atoms with van der Waals surface area (Å²) >= 11 is 1.45. The van der Waals surface area contributed by atoms with Crippen LogP contribution in [-0.2, 0) is 6.54 Å². The van der Waals surface area contributed by atoms with E-state index in [9.17, 15) is 4.79 Å². The van der Waals surface area contributed by atoms with Crippen molar-refractivity contribution in [1.29, 1.82) is 0 Å². The predicted octanol–water partition coefficient (Wildman–Crippen LogP) is 1.92. The van der Waals surface area contributed by atoms with Gasteiger partial charge in [-0.2, -0.15) is 0 Å². The molecule has 0 aliphatic heterocycles. The zero-order chi connectivity index (χ0) is 13.7. The highest BCUT2D eigenvalue weighted by molar-refractivity contribution is 7.10. The van der Waals surface area contributed by atoms with Crippen molar-refractivity contribution in [2.75, 3.05) is 13.6 Å². The lowest BCUT2D eigenvalue weighted by atomic mass is 10.2. The molecular weight excluding hydrogens is 260 g/mol. The maximum Gasteiger partial charge on any atom is 0.254 e. The zero-order valence-corrected chi connectivity index (χ0v) is 11.4. The molecule has 19 heavy (non-hydrogen) atoms. The molecular formula is C14H14N2O2S. The summed E-state index contributed by atoms with van der Waals surface area (Å²) in [5.41, 5.74) is 6.93. The Kier molecular flexibility index (Phi) is 4.39. The van der Waals surface area contributed by atoms with Crippen LogP contribution in [0.25, 0.3) is 0 Å². The Hall–Kier alpha value is -2.03. The lowest BCUT2D eigenvalue weighted by Crippen LogP contribution is -2.25. The molecule has 0 saturated carbocycles. The molecule has 0 aliphatic rings. The first-order valence-electron chi connectivity index (χ1n) is 5.74. The van der Waals surface area contributed by atoms with Crippen LogP contribution in [0.5, 0.6) is 0 Å². The molecule has 0 bridgehead atoms. The van der Waals surface area contributed by atoms with Crippen LogP contribution in [0, 0.1) is 11.8 Å². The van der Waals surface area contributed by atoms with Crippen molar-refractivity contribution in [2.24, 2.45) is 5.73 Å². The highest BCUT2D eigenvalue weighted by Crippen LogP contribution is 2.16. The number of carbonyl (C=O) groups is 1. The second kappa shape index (κ2) is 6.23. The number of hydrogen-bond acceptors (Lipinski definition) is 4. The minimum absolute atomic E-state index is 0.0294. The second-order valence-corrected chi connectivity index (χ2v) is 4.91. The van der Waals surface area contributed by atoms with E-state index in [2.05, 4.69) is 11.8 Å². The molecule has 5 heteroatoms. The average Bonchev–Trinajstić information content (AvgIpc) is 3.06. The third-order valence-corrected chi connectivity index (χ3v) is 3.35. The summed E-state index contributed by atoms with van der Waals surface area (Å²) in [4.78, 5) is 14.7. The van der Waals surface area contributed by atoms with Crippen molar-refractivity contribution in [1.82, 2.24) is 4.90 Å². The number of rotatable bonds is 3. The van der Waals surface area contributed by atoms with Gasteiger partial charge in [0.25, 0.3) is 5.91 Å². The van der Waals surface area contributed by atoms with Crippen LogP contribution in [0.15, 0.2) is 34.5 Å². The third kappa shape index (κ3) is 3.47. The number of furan rings is 1. The summed E-state index contributed by atoms with van der Waals surface area (Å²) < 4.78 is 4.98. The fraction of sp³-hybridized carbons (Fsp3) is 0.214. The van der Waals surface area contributed by atoms with Crippen molar-refractivity contribution in [3.05, 3.63) is 46.0 Å². The Morgan fingerprint density at radius 2 is 2.42 bits per heavy atom. The Morgan fingerprint density at radius 1 is 1.58 bits per heavy atom. The van der Waals surface area contributed by atoms with E-state index in [1.807, 2.05) is 11.4 Å². The zero-order valence-electron chi connectivity index (χ0n) is 10.6. The standard InChI is InChI=1S/C14H14N2O2S/c1-16(8-11-4-6-18-9-11)14(17)12-7-13(19-10-12)3-2-5-15/h4,6-7,9-10H,5,8,15H2,1H3. The molecule has 0 unspecified atom stereocenters. The average molecular weight is 274 g/mol. The first-order valence-corrected chi connectivity index (χ1v) is 6.62. The molecule has 0 radical (unpaired) electrons. The molecule has 2 aromatic rings. The molecule has 0 atom stereocenters. The molecule has 0 saturated heterocycles. The number of carbonyl (C=O) groups excluding carboxylic acids is 1. The molecule has 0 spiro atoms. The highest BCUT2D eigenvalue weighted by atomic mass is 32.1. The molecule has 0 aromatic carbocycles. The van der Waals surface area contributed by atoms with E-state index in [1.54, 1.807) is 30.5 Å². The van der Waals surface area contributed by atoms with Crippen LogP contribution in [0.4, 0.5) is 0 Å². The number of nitrogens with two attached hydrogens (primary N) is 1. The fourth-order valence-corrected chi connectivity index (χ4v) is 2.35. The van der Waals surface area contributed by atoms with Gasteiger partial charge >= 0.3 is 0 Å². The predicted molar refractivity (Wildman–Crippen MR) is 74.8 cm³/mol. The van der Waals surface area contributed by atoms with Gasteiger partial charge < -0.3 is 15.1 Å². The van der Waals surface area contributed by atoms with Gasteiger partial charge in [-0.3, -0.25) is 4.79 Å². The second-order valence-electron chi connectivity index (χ2n) is 4.00. The van der Waals surface area contributed by atoms with E-state index in [0.29, 0.717) is 18.7 Å². The quantitative estimate of drug-likeness (QED) is 0.870. The van der Waals surface area contributed by atoms with Gasteiger partial charge in [-0.25, -0.2) is 0 Å². The summed E-state index contributed by atoms with van der Waals surface area (Å²) in [6.45, 7) is 0.844. The Labute approximate surface area is 115 Å². The molecule has 0 fully saturated rings. The van der Waals surface area contributed by atoms with E-state index >= 15 is 0 Å². The lowest BCUT2D eigenvalue weighted by Gasteiger charge is -2.14. The SMILES string of the molecule is CN(Cc1ccoc1)C(=O)c1csc(C#CCN)c1. The molecule has 4 nitrogen and oxygen atoms in total. The van der Waals surface area contributed by atoms with Crippen molar-refractivity contribution in [3.8, 4) is 11.8 Å². The van der Waals surface area contributed by atoms with Gasteiger partial charge in [-0.05, 0) is 12.1 Å². The monoisotopic (exact) mass is 274 g/mol. The maximum absolute atomic E-state index is 12.2. The summed E-state index contributed by atoms with van der Waals surface area (Å²) in [7, 11) is 1.76. The first kappa shape index (κ1) is 13.4. The van der Waals surface area contributed by atoms with Gasteiger partial charge in [0.15, 0.2) is 0 Å².